The van der Waals surface area contributed by atoms with Crippen LogP contribution in [0, 0.1) is 10.1 Å². The first kappa shape index (κ1) is 20.7. The van der Waals surface area contributed by atoms with Gasteiger partial charge in [0.05, 0.1) is 22.1 Å². The van der Waals surface area contributed by atoms with Gasteiger partial charge < -0.3 is 4.74 Å². The Bertz CT molecular complexity index is 946. The van der Waals surface area contributed by atoms with Crippen LogP contribution in [0.25, 0.3) is 0 Å². The highest BCUT2D eigenvalue weighted by Crippen LogP contribution is 2.30. The molecule has 0 aliphatic carbocycles. The molecule has 1 atom stereocenters. The number of carbonyl (C=O) groups excluding carboxylic acids is 1. The molecular weight excluding hydrogens is 396 g/mol. The fourth-order valence-corrected chi connectivity index (χ4v) is 4.20. The Morgan fingerprint density at radius 1 is 1.26 bits per heavy atom. The summed E-state index contributed by atoms with van der Waals surface area (Å²) < 4.78 is 32.4. The second-order valence-electron chi connectivity index (χ2n) is 5.46. The highest BCUT2D eigenvalue weighted by Gasteiger charge is 2.33. The molecule has 1 unspecified atom stereocenters. The molecule has 27 heavy (non-hydrogen) atoms. The Morgan fingerprint density at radius 2 is 1.89 bits per heavy atom. The maximum Gasteiger partial charge on any atom is 0.270 e. The standard InChI is InChI=1S/C17H17ClN2O6S/c1-3-26-15-9-7-13(8-10-15)19(12(2)17(18)21)27(24,25)16-6-4-5-14(11-16)20(22)23/h4-12H,3H2,1-2H3. The molecular formula is C17H17ClN2O6S. The molecule has 2 aromatic rings. The predicted octanol–water partition coefficient (Wildman–Crippen LogP) is 3.34. The Balaban J connectivity index is 2.57. The topological polar surface area (TPSA) is 107 Å². The van der Waals surface area contributed by atoms with Gasteiger partial charge in [0.15, 0.2) is 0 Å². The summed E-state index contributed by atoms with van der Waals surface area (Å²) in [6.07, 6.45) is 0. The molecule has 0 N–H and O–H groups in total. The van der Waals surface area contributed by atoms with E-state index in [2.05, 4.69) is 0 Å². The van der Waals surface area contributed by atoms with Crippen LogP contribution in [0.15, 0.2) is 53.4 Å². The number of hydrogen-bond donors (Lipinski definition) is 0. The van der Waals surface area contributed by atoms with Gasteiger partial charge in [-0.25, -0.2) is 8.42 Å². The van der Waals surface area contributed by atoms with Crippen LogP contribution in [0.1, 0.15) is 13.8 Å². The first-order valence-corrected chi connectivity index (χ1v) is 9.71. The van der Waals surface area contributed by atoms with E-state index in [1.807, 2.05) is 0 Å². The first-order chi connectivity index (χ1) is 12.7. The molecule has 0 fully saturated rings. The summed E-state index contributed by atoms with van der Waals surface area (Å²) in [6.45, 7) is 3.58. The van der Waals surface area contributed by atoms with E-state index in [1.165, 1.54) is 37.3 Å². The van der Waals surface area contributed by atoms with E-state index in [0.29, 0.717) is 12.4 Å². The summed E-state index contributed by atoms with van der Waals surface area (Å²) in [5.41, 5.74) is -0.209. The molecule has 0 saturated heterocycles. The highest BCUT2D eigenvalue weighted by molar-refractivity contribution is 7.93. The lowest BCUT2D eigenvalue weighted by molar-refractivity contribution is -0.385. The zero-order chi connectivity index (χ0) is 20.2. The molecule has 0 spiro atoms. The van der Waals surface area contributed by atoms with Gasteiger partial charge in [-0.05, 0) is 55.8 Å². The molecule has 8 nitrogen and oxygen atoms in total. The zero-order valence-corrected chi connectivity index (χ0v) is 16.1. The lowest BCUT2D eigenvalue weighted by atomic mass is 10.2. The summed E-state index contributed by atoms with van der Waals surface area (Å²) in [7, 11) is -4.30. The quantitative estimate of drug-likeness (QED) is 0.374. The van der Waals surface area contributed by atoms with Gasteiger partial charge in [-0.2, -0.15) is 0 Å². The fraction of sp³-hybridized carbons (Fsp3) is 0.235. The summed E-state index contributed by atoms with van der Waals surface area (Å²) >= 11 is 5.55. The molecule has 0 amide bonds. The lowest BCUT2D eigenvalue weighted by Crippen LogP contribution is -2.42. The number of benzene rings is 2. The van der Waals surface area contributed by atoms with E-state index >= 15 is 0 Å². The minimum absolute atomic E-state index is 0.173. The third-order valence-corrected chi connectivity index (χ3v) is 5.88. The van der Waals surface area contributed by atoms with Crippen LogP contribution in [0.4, 0.5) is 11.4 Å². The number of halogens is 1. The maximum atomic E-state index is 13.1. The predicted molar refractivity (Wildman–Crippen MR) is 101 cm³/mol. The normalized spacial score (nSPS) is 12.3. The van der Waals surface area contributed by atoms with Gasteiger partial charge in [-0.15, -0.1) is 0 Å². The van der Waals surface area contributed by atoms with Gasteiger partial charge in [-0.3, -0.25) is 19.2 Å². The zero-order valence-electron chi connectivity index (χ0n) is 14.5. The van der Waals surface area contributed by atoms with Gasteiger partial charge in [0, 0.05) is 12.1 Å². The molecule has 0 aliphatic heterocycles. The van der Waals surface area contributed by atoms with Crippen LogP contribution in [0.2, 0.25) is 0 Å². The molecule has 2 rings (SSSR count). The third-order valence-electron chi connectivity index (χ3n) is 3.67. The Hall–Kier alpha value is -2.65. The van der Waals surface area contributed by atoms with Crippen molar-refractivity contribution in [3.05, 3.63) is 58.6 Å². The fourth-order valence-electron chi connectivity index (χ4n) is 2.39. The van der Waals surface area contributed by atoms with E-state index in [-0.39, 0.29) is 16.3 Å². The lowest BCUT2D eigenvalue weighted by Gasteiger charge is -2.28. The number of rotatable bonds is 8. The van der Waals surface area contributed by atoms with Gasteiger partial charge in [0.2, 0.25) is 5.24 Å². The summed E-state index contributed by atoms with van der Waals surface area (Å²) in [5.74, 6) is 0.527. The second-order valence-corrected chi connectivity index (χ2v) is 7.65. The second kappa shape index (κ2) is 8.36. The Kier molecular flexibility index (Phi) is 6.40. The third kappa shape index (κ3) is 4.55. The SMILES string of the molecule is CCOc1ccc(N(C(C)C(=O)Cl)S(=O)(=O)c2cccc([N+](=O)[O-])c2)cc1. The minimum atomic E-state index is -4.30. The molecule has 144 valence electrons. The largest absolute Gasteiger partial charge is 0.494 e. The number of anilines is 1. The van der Waals surface area contributed by atoms with E-state index < -0.39 is 26.2 Å². The Labute approximate surface area is 161 Å². The van der Waals surface area contributed by atoms with Gasteiger partial charge in [-0.1, -0.05) is 6.07 Å². The summed E-state index contributed by atoms with van der Waals surface area (Å²) in [4.78, 5) is 21.7. The number of ether oxygens (including phenoxy) is 1. The smallest absolute Gasteiger partial charge is 0.270 e. The van der Waals surface area contributed by atoms with Crippen molar-refractivity contribution in [1.29, 1.82) is 0 Å². The summed E-state index contributed by atoms with van der Waals surface area (Å²) in [6, 6.07) is 9.41. The number of nitro benzene ring substituents is 1. The van der Waals surface area contributed by atoms with Crippen LogP contribution in [-0.4, -0.2) is 31.2 Å². The van der Waals surface area contributed by atoms with Crippen molar-refractivity contribution in [3.8, 4) is 5.75 Å². The molecule has 2 aromatic carbocycles. The molecule has 0 heterocycles. The number of sulfonamides is 1. The molecule has 0 bridgehead atoms. The van der Waals surface area contributed by atoms with Gasteiger partial charge in [0.25, 0.3) is 15.7 Å². The van der Waals surface area contributed by atoms with Crippen LogP contribution in [0.3, 0.4) is 0 Å². The van der Waals surface area contributed by atoms with Crippen LogP contribution in [-0.2, 0) is 14.8 Å². The summed E-state index contributed by atoms with van der Waals surface area (Å²) in [5, 5.41) is 10.1. The molecule has 0 radical (unpaired) electrons. The first-order valence-electron chi connectivity index (χ1n) is 7.89. The molecule has 0 saturated carbocycles. The van der Waals surface area contributed by atoms with Crippen molar-refractivity contribution in [2.24, 2.45) is 0 Å². The van der Waals surface area contributed by atoms with Crippen molar-refractivity contribution in [2.75, 3.05) is 10.9 Å². The van der Waals surface area contributed by atoms with Crippen molar-refractivity contribution in [3.63, 3.8) is 0 Å². The van der Waals surface area contributed by atoms with Crippen molar-refractivity contribution < 1.29 is 22.9 Å². The van der Waals surface area contributed by atoms with E-state index in [9.17, 15) is 23.3 Å². The van der Waals surface area contributed by atoms with E-state index in [1.54, 1.807) is 19.1 Å². The van der Waals surface area contributed by atoms with Gasteiger partial charge in [0.1, 0.15) is 11.8 Å². The van der Waals surface area contributed by atoms with Crippen molar-refractivity contribution >= 4 is 38.2 Å². The average molecular weight is 413 g/mol. The molecule has 10 heteroatoms. The maximum absolute atomic E-state index is 13.1. The number of carbonyl (C=O) groups is 1. The van der Waals surface area contributed by atoms with Crippen LogP contribution in [0.5, 0.6) is 5.75 Å². The Morgan fingerprint density at radius 3 is 2.41 bits per heavy atom. The number of nitrogens with zero attached hydrogens (tertiary/aromatic N) is 2. The van der Waals surface area contributed by atoms with E-state index in [4.69, 9.17) is 16.3 Å². The number of hydrogen-bond acceptors (Lipinski definition) is 6. The van der Waals surface area contributed by atoms with Crippen molar-refractivity contribution in [1.82, 2.24) is 0 Å². The van der Waals surface area contributed by atoms with Crippen LogP contribution >= 0.6 is 11.6 Å². The van der Waals surface area contributed by atoms with Crippen molar-refractivity contribution in [2.45, 2.75) is 24.8 Å². The highest BCUT2D eigenvalue weighted by atomic mass is 35.5. The molecule has 0 aliphatic rings. The minimum Gasteiger partial charge on any atom is -0.494 e. The number of non-ortho nitro benzene ring substituents is 1. The van der Waals surface area contributed by atoms with Crippen LogP contribution < -0.4 is 9.04 Å². The molecule has 0 aromatic heterocycles. The van der Waals surface area contributed by atoms with E-state index in [0.717, 1.165) is 10.4 Å². The van der Waals surface area contributed by atoms with Gasteiger partial charge >= 0.3 is 0 Å². The average Bonchev–Trinajstić information content (AvgIpc) is 2.63. The monoisotopic (exact) mass is 412 g/mol. The number of nitro groups is 1.